The van der Waals surface area contributed by atoms with E-state index >= 15 is 0 Å². The summed E-state index contributed by atoms with van der Waals surface area (Å²) in [4.78, 5) is 58.4. The van der Waals surface area contributed by atoms with Crippen LogP contribution in [-0.2, 0) is 34.9 Å². The van der Waals surface area contributed by atoms with Gasteiger partial charge < -0.3 is 0 Å². The molecule has 0 aliphatic heterocycles. The van der Waals surface area contributed by atoms with Gasteiger partial charge >= 0.3 is 158 Å². The summed E-state index contributed by atoms with van der Waals surface area (Å²) in [5, 5.41) is 44.1. The number of carboxylic acids is 5. The van der Waals surface area contributed by atoms with E-state index in [0.29, 0.717) is 6.54 Å². The first-order valence-corrected chi connectivity index (χ1v) is 12.3. The van der Waals surface area contributed by atoms with E-state index in [9.17, 15) is 49.5 Å². The van der Waals surface area contributed by atoms with Crippen molar-refractivity contribution < 1.29 is 60.5 Å². The third-order valence-corrected chi connectivity index (χ3v) is 13.6. The maximum atomic E-state index is 11.7. The van der Waals surface area contributed by atoms with Gasteiger partial charge in [0.05, 0.1) is 0 Å². The van der Waals surface area contributed by atoms with Gasteiger partial charge in [0.1, 0.15) is 0 Å². The SMILES string of the molecule is NCCNCC[NH][Fe]([CH2]C(=O)O)([CH2]C(=O)O)([CH2]C(=O)O)([CH2]C(=O)O)[CH2]C(=O)O. The number of hydrogen-bond acceptors (Lipinski definition) is 8. The summed E-state index contributed by atoms with van der Waals surface area (Å²) in [6.45, 7) is 0.392. The molecular weight excluding hydrogens is 426 g/mol. The van der Waals surface area contributed by atoms with Crippen LogP contribution >= 0.6 is 0 Å². The van der Waals surface area contributed by atoms with Crippen molar-refractivity contribution >= 4 is 29.8 Å². The quantitative estimate of drug-likeness (QED) is 0.101. The third-order valence-electron chi connectivity index (χ3n) is 3.77. The number of carbonyl (C=O) groups is 5. The number of aliphatic carboxylic acids is 5. The van der Waals surface area contributed by atoms with Crippen LogP contribution in [0.2, 0.25) is 26.6 Å². The third kappa shape index (κ3) is 6.73. The van der Waals surface area contributed by atoms with Crippen molar-refractivity contribution in [2.45, 2.75) is 26.6 Å². The van der Waals surface area contributed by atoms with Crippen molar-refractivity contribution in [3.63, 3.8) is 0 Å². The van der Waals surface area contributed by atoms with E-state index in [-0.39, 0.29) is 19.6 Å². The molecule has 0 spiro atoms. The Morgan fingerprint density at radius 1 is 0.607 bits per heavy atom. The fraction of sp³-hybridized carbons (Fsp3) is 0.643. The maximum absolute atomic E-state index is 11.7. The van der Waals surface area contributed by atoms with Crippen LogP contribution < -0.4 is 15.4 Å². The number of carboxylic acid groups (broad SMARTS) is 5. The first kappa shape index (κ1) is 25.7. The van der Waals surface area contributed by atoms with Gasteiger partial charge in [0, 0.05) is 0 Å². The summed E-state index contributed by atoms with van der Waals surface area (Å²) in [6, 6.07) is 0. The van der Waals surface area contributed by atoms with Gasteiger partial charge in [-0.2, -0.15) is 0 Å². The molecule has 0 rings (SSSR count). The Balaban J connectivity index is 6.82. The van der Waals surface area contributed by atoms with Crippen molar-refractivity contribution in [2.75, 3.05) is 26.2 Å². The van der Waals surface area contributed by atoms with Crippen LogP contribution in [0.15, 0.2) is 0 Å². The summed E-state index contributed by atoms with van der Waals surface area (Å²) in [5.74, 6) is -8.44. The zero-order chi connectivity index (χ0) is 22.1. The van der Waals surface area contributed by atoms with E-state index in [0.717, 1.165) is 0 Å². The van der Waals surface area contributed by atoms with Crippen LogP contribution in [0.25, 0.3) is 0 Å². The molecule has 0 atom stereocenters. The van der Waals surface area contributed by atoms with Crippen molar-refractivity contribution in [1.29, 1.82) is 0 Å². The van der Waals surface area contributed by atoms with Crippen molar-refractivity contribution in [3.8, 4) is 0 Å². The molecule has 0 amide bonds. The Bertz CT molecular complexity index is 548. The minimum absolute atomic E-state index is 0.0578. The van der Waals surface area contributed by atoms with Crippen LogP contribution in [0, 0.1) is 0 Å². The van der Waals surface area contributed by atoms with Crippen LogP contribution in [0.3, 0.4) is 0 Å². The van der Waals surface area contributed by atoms with Gasteiger partial charge in [0.25, 0.3) is 0 Å². The van der Waals surface area contributed by atoms with Crippen molar-refractivity contribution in [2.24, 2.45) is 5.73 Å². The van der Waals surface area contributed by atoms with Crippen LogP contribution in [0.5, 0.6) is 0 Å². The molecule has 0 heterocycles. The standard InChI is InChI=1S/C4H12N3.5C2H3O2.Fe/c5-1-3-7-4-2-6;5*1-2(3)4;/h5,7H,1-4,6H2;5*1H2,(H,3,4);/q-1;;;;;;+1. The Labute approximate surface area is 159 Å². The number of rotatable bonds is 16. The predicted octanol–water partition coefficient (Wildman–Crippen LogP) is -1.22. The van der Waals surface area contributed by atoms with Gasteiger partial charge in [0.15, 0.2) is 0 Å². The van der Waals surface area contributed by atoms with Crippen molar-refractivity contribution in [3.05, 3.63) is 0 Å². The number of nitrogens with one attached hydrogen (secondary N) is 2. The molecule has 9 N–H and O–H groups in total. The molecule has 0 unspecified atom stereocenters. The van der Waals surface area contributed by atoms with Gasteiger partial charge in [-0.25, -0.2) is 0 Å². The van der Waals surface area contributed by atoms with E-state index in [1.54, 1.807) is 0 Å². The van der Waals surface area contributed by atoms with Crippen LogP contribution in [0.1, 0.15) is 0 Å². The summed E-state index contributed by atoms with van der Waals surface area (Å²) >= 11 is 0. The molecule has 166 valence electrons. The molecule has 0 aliphatic rings. The van der Waals surface area contributed by atoms with Gasteiger partial charge in [-0.3, -0.25) is 0 Å². The van der Waals surface area contributed by atoms with E-state index in [1.165, 1.54) is 0 Å². The molecule has 0 aromatic rings. The van der Waals surface area contributed by atoms with Gasteiger partial charge in [-0.1, -0.05) is 0 Å². The molecule has 0 aliphatic carbocycles. The normalized spacial score (nSPS) is 13.9. The Kier molecular flexibility index (Phi) is 8.55. The van der Waals surface area contributed by atoms with Crippen LogP contribution in [0.4, 0.5) is 0 Å². The van der Waals surface area contributed by atoms with Gasteiger partial charge in [0.2, 0.25) is 0 Å². The molecule has 13 nitrogen and oxygen atoms in total. The topological polar surface area (TPSA) is 237 Å². The van der Waals surface area contributed by atoms with Gasteiger partial charge in [-0.15, -0.1) is 0 Å². The van der Waals surface area contributed by atoms with E-state index in [2.05, 4.69) is 9.65 Å². The summed E-state index contributed by atoms with van der Waals surface area (Å²) < 4.78 is 2.61. The second-order valence-electron chi connectivity index (χ2n) is 6.40. The molecular formula is C14H27FeN3O10. The molecule has 0 fully saturated rings. The molecule has 0 aromatic heterocycles. The number of hydrogen-bond donors (Lipinski definition) is 8. The summed E-state index contributed by atoms with van der Waals surface area (Å²) in [7, 11) is -6.00. The molecule has 0 saturated heterocycles. The van der Waals surface area contributed by atoms with E-state index in [1.807, 2.05) is 0 Å². The molecule has 0 aromatic carbocycles. The Morgan fingerprint density at radius 2 is 0.929 bits per heavy atom. The fourth-order valence-corrected chi connectivity index (χ4v) is 11.9. The minimum atomic E-state index is -6.00. The average molecular weight is 453 g/mol. The van der Waals surface area contributed by atoms with Crippen LogP contribution in [-0.4, -0.2) is 81.6 Å². The average Bonchev–Trinajstić information content (AvgIpc) is 2.42. The second kappa shape index (κ2) is 9.30. The van der Waals surface area contributed by atoms with Gasteiger partial charge in [-0.05, 0) is 0 Å². The molecule has 0 bridgehead atoms. The zero-order valence-corrected chi connectivity index (χ0v) is 16.2. The zero-order valence-electron chi connectivity index (χ0n) is 15.1. The molecule has 0 radical (unpaired) electrons. The summed E-state index contributed by atoms with van der Waals surface area (Å²) in [5.41, 5.74) is 5.32. The molecule has 28 heavy (non-hydrogen) atoms. The van der Waals surface area contributed by atoms with Crippen molar-refractivity contribution in [1.82, 2.24) is 9.65 Å². The monoisotopic (exact) mass is 453 g/mol. The predicted molar refractivity (Wildman–Crippen MR) is 92.1 cm³/mol. The van der Waals surface area contributed by atoms with E-state index in [4.69, 9.17) is 5.73 Å². The molecule has 14 heteroatoms. The first-order chi connectivity index (χ1) is 12.8. The number of nitrogens with two attached hydrogens (primary N) is 1. The second-order valence-corrected chi connectivity index (χ2v) is 16.2. The Hall–Kier alpha value is -2.25. The first-order valence-electron chi connectivity index (χ1n) is 7.80. The summed E-state index contributed by atoms with van der Waals surface area (Å²) in [6.07, 6.45) is 0. The Morgan fingerprint density at radius 3 is 1.18 bits per heavy atom. The fourth-order valence-electron chi connectivity index (χ4n) is 3.11. The molecule has 0 saturated carbocycles. The van der Waals surface area contributed by atoms with E-state index < -0.39 is 67.4 Å².